The lowest BCUT2D eigenvalue weighted by molar-refractivity contribution is -0.119. The molecule has 0 spiro atoms. The summed E-state index contributed by atoms with van der Waals surface area (Å²) in [5.74, 6) is -0.359. The van der Waals surface area contributed by atoms with E-state index in [0.29, 0.717) is 12.0 Å². The van der Waals surface area contributed by atoms with Crippen LogP contribution >= 0.6 is 0 Å². The van der Waals surface area contributed by atoms with Gasteiger partial charge in [0.1, 0.15) is 11.5 Å². The number of rotatable bonds is 9. The van der Waals surface area contributed by atoms with Gasteiger partial charge in [0, 0.05) is 18.7 Å². The van der Waals surface area contributed by atoms with Crippen LogP contribution in [0.3, 0.4) is 0 Å². The SMILES string of the molecule is CCCCCC(=O)CC(Cc1cccc(C)c1O)B(O)O. The van der Waals surface area contributed by atoms with Crippen molar-refractivity contribution in [3.8, 4) is 5.75 Å². The molecule has 0 amide bonds. The molecule has 3 N–H and O–H groups in total. The van der Waals surface area contributed by atoms with Crippen LogP contribution in [-0.2, 0) is 11.2 Å². The Hall–Kier alpha value is -1.33. The number of hydrogen-bond donors (Lipinski definition) is 3. The minimum atomic E-state index is -1.56. The van der Waals surface area contributed by atoms with E-state index in [0.717, 1.165) is 24.8 Å². The summed E-state index contributed by atoms with van der Waals surface area (Å²) in [4.78, 5) is 11.9. The summed E-state index contributed by atoms with van der Waals surface area (Å²) < 4.78 is 0. The minimum Gasteiger partial charge on any atom is -0.507 e. The molecule has 5 heteroatoms. The molecule has 0 aliphatic rings. The Labute approximate surface area is 127 Å². The van der Waals surface area contributed by atoms with E-state index in [1.165, 1.54) is 0 Å². The zero-order chi connectivity index (χ0) is 15.8. The monoisotopic (exact) mass is 292 g/mol. The van der Waals surface area contributed by atoms with Crippen molar-refractivity contribution in [2.24, 2.45) is 0 Å². The molecular weight excluding hydrogens is 267 g/mol. The summed E-state index contributed by atoms with van der Waals surface area (Å²) in [6, 6.07) is 5.35. The fourth-order valence-corrected chi connectivity index (χ4v) is 2.42. The number of benzene rings is 1. The Morgan fingerprint density at radius 2 is 2.00 bits per heavy atom. The van der Waals surface area contributed by atoms with Gasteiger partial charge in [-0.05, 0) is 30.9 Å². The first-order chi connectivity index (χ1) is 9.95. The smallest absolute Gasteiger partial charge is 0.455 e. The highest BCUT2D eigenvalue weighted by Crippen LogP contribution is 2.28. The maximum atomic E-state index is 11.9. The van der Waals surface area contributed by atoms with Crippen molar-refractivity contribution in [2.75, 3.05) is 0 Å². The topological polar surface area (TPSA) is 77.8 Å². The number of carbonyl (C=O) groups is 1. The molecule has 0 aromatic heterocycles. The van der Waals surface area contributed by atoms with Crippen LogP contribution in [0.1, 0.15) is 50.2 Å². The Morgan fingerprint density at radius 1 is 1.29 bits per heavy atom. The van der Waals surface area contributed by atoms with Crippen molar-refractivity contribution in [1.29, 1.82) is 0 Å². The molecule has 0 radical (unpaired) electrons. The second-order valence-corrected chi connectivity index (χ2v) is 5.66. The quantitative estimate of drug-likeness (QED) is 0.483. The number of phenolic OH excluding ortho intramolecular Hbond substituents is 1. The zero-order valence-electron chi connectivity index (χ0n) is 12.9. The first-order valence-electron chi connectivity index (χ1n) is 7.61. The van der Waals surface area contributed by atoms with E-state index in [4.69, 9.17) is 0 Å². The molecule has 0 aliphatic heterocycles. The van der Waals surface area contributed by atoms with Gasteiger partial charge in [-0.15, -0.1) is 0 Å². The summed E-state index contributed by atoms with van der Waals surface area (Å²) in [7, 11) is -1.56. The average molecular weight is 292 g/mol. The van der Waals surface area contributed by atoms with Crippen LogP contribution in [0.4, 0.5) is 0 Å². The summed E-state index contributed by atoms with van der Waals surface area (Å²) in [5, 5.41) is 28.9. The van der Waals surface area contributed by atoms with Gasteiger partial charge in [0.25, 0.3) is 0 Å². The fraction of sp³-hybridized carbons (Fsp3) is 0.562. The number of unbranched alkanes of at least 4 members (excludes halogenated alkanes) is 2. The molecule has 1 atom stereocenters. The Kier molecular flexibility index (Phi) is 7.47. The van der Waals surface area contributed by atoms with Crippen molar-refractivity contribution < 1.29 is 19.9 Å². The van der Waals surface area contributed by atoms with Crippen LogP contribution < -0.4 is 0 Å². The van der Waals surface area contributed by atoms with Gasteiger partial charge in [0.2, 0.25) is 0 Å². The summed E-state index contributed by atoms with van der Waals surface area (Å²) in [6.45, 7) is 3.87. The number of Topliss-reactive ketones (excluding diaryl/α,β-unsaturated/α-hetero) is 1. The van der Waals surface area contributed by atoms with Gasteiger partial charge in [-0.1, -0.05) is 38.0 Å². The molecule has 116 valence electrons. The molecule has 21 heavy (non-hydrogen) atoms. The second kappa shape index (κ2) is 8.85. The lowest BCUT2D eigenvalue weighted by atomic mass is 9.66. The number of para-hydroxylation sites is 1. The number of phenols is 1. The van der Waals surface area contributed by atoms with Crippen LogP contribution in [-0.4, -0.2) is 28.1 Å². The first kappa shape index (κ1) is 17.7. The summed E-state index contributed by atoms with van der Waals surface area (Å²) in [6.07, 6.45) is 3.81. The van der Waals surface area contributed by atoms with Gasteiger partial charge in [-0.3, -0.25) is 4.79 Å². The maximum Gasteiger partial charge on any atom is 0.455 e. The molecule has 0 fully saturated rings. The molecule has 0 bridgehead atoms. The van der Waals surface area contributed by atoms with Gasteiger partial charge in [0.15, 0.2) is 0 Å². The van der Waals surface area contributed by atoms with E-state index >= 15 is 0 Å². The Balaban J connectivity index is 2.65. The van der Waals surface area contributed by atoms with Gasteiger partial charge in [-0.25, -0.2) is 0 Å². The van der Waals surface area contributed by atoms with Crippen molar-refractivity contribution in [1.82, 2.24) is 0 Å². The average Bonchev–Trinajstić information content (AvgIpc) is 2.43. The van der Waals surface area contributed by atoms with Crippen LogP contribution in [0.25, 0.3) is 0 Å². The van der Waals surface area contributed by atoms with Crippen LogP contribution in [0, 0.1) is 6.92 Å². The van der Waals surface area contributed by atoms with Crippen molar-refractivity contribution in [3.63, 3.8) is 0 Å². The van der Waals surface area contributed by atoms with E-state index in [9.17, 15) is 19.9 Å². The Bertz CT molecular complexity index is 460. The highest BCUT2D eigenvalue weighted by Gasteiger charge is 2.27. The van der Waals surface area contributed by atoms with Crippen molar-refractivity contribution in [2.45, 2.75) is 58.2 Å². The molecule has 4 nitrogen and oxygen atoms in total. The van der Waals surface area contributed by atoms with Crippen LogP contribution in [0.5, 0.6) is 5.75 Å². The lowest BCUT2D eigenvalue weighted by Gasteiger charge is -2.16. The van der Waals surface area contributed by atoms with E-state index in [-0.39, 0.29) is 24.4 Å². The van der Waals surface area contributed by atoms with Crippen molar-refractivity contribution in [3.05, 3.63) is 29.3 Å². The number of hydrogen-bond acceptors (Lipinski definition) is 4. The standard InChI is InChI=1S/C16H25BO4/c1-3-4-5-9-15(18)11-14(17(20)21)10-13-8-6-7-12(2)16(13)19/h6-8,14,19-21H,3-5,9-11H2,1-2H3. The first-order valence-corrected chi connectivity index (χ1v) is 7.61. The number of carbonyl (C=O) groups excluding carboxylic acids is 1. The molecule has 0 saturated heterocycles. The third-order valence-corrected chi connectivity index (χ3v) is 3.77. The molecule has 0 heterocycles. The molecular formula is C16H25BO4. The predicted octanol–water partition coefficient (Wildman–Crippen LogP) is 2.63. The third-order valence-electron chi connectivity index (χ3n) is 3.77. The van der Waals surface area contributed by atoms with Gasteiger partial charge < -0.3 is 15.2 Å². The van der Waals surface area contributed by atoms with Crippen LogP contribution in [0.15, 0.2) is 18.2 Å². The third kappa shape index (κ3) is 5.90. The van der Waals surface area contributed by atoms with E-state index in [1.807, 2.05) is 6.07 Å². The van der Waals surface area contributed by atoms with Crippen molar-refractivity contribution >= 4 is 12.9 Å². The number of aryl methyl sites for hydroxylation is 1. The number of aromatic hydroxyl groups is 1. The molecule has 1 aromatic rings. The summed E-state index contributed by atoms with van der Waals surface area (Å²) in [5.41, 5.74) is 1.39. The zero-order valence-corrected chi connectivity index (χ0v) is 12.9. The molecule has 1 rings (SSSR count). The minimum absolute atomic E-state index is 0.0497. The van der Waals surface area contributed by atoms with E-state index < -0.39 is 12.9 Å². The Morgan fingerprint density at radius 3 is 2.62 bits per heavy atom. The largest absolute Gasteiger partial charge is 0.507 e. The maximum absolute atomic E-state index is 11.9. The molecule has 1 unspecified atom stereocenters. The van der Waals surface area contributed by atoms with E-state index in [2.05, 4.69) is 6.92 Å². The molecule has 0 saturated carbocycles. The predicted molar refractivity (Wildman–Crippen MR) is 84.3 cm³/mol. The summed E-state index contributed by atoms with van der Waals surface area (Å²) >= 11 is 0. The lowest BCUT2D eigenvalue weighted by Crippen LogP contribution is -2.24. The fourth-order valence-electron chi connectivity index (χ4n) is 2.42. The number of ketones is 1. The van der Waals surface area contributed by atoms with Gasteiger partial charge in [0.05, 0.1) is 0 Å². The normalized spacial score (nSPS) is 12.2. The van der Waals surface area contributed by atoms with Crippen LogP contribution in [0.2, 0.25) is 5.82 Å². The highest BCUT2D eigenvalue weighted by molar-refractivity contribution is 6.43. The second-order valence-electron chi connectivity index (χ2n) is 5.66. The highest BCUT2D eigenvalue weighted by atomic mass is 16.4. The van der Waals surface area contributed by atoms with Gasteiger partial charge in [-0.2, -0.15) is 0 Å². The molecule has 0 aliphatic carbocycles. The van der Waals surface area contributed by atoms with E-state index in [1.54, 1.807) is 19.1 Å². The van der Waals surface area contributed by atoms with Gasteiger partial charge >= 0.3 is 7.12 Å². The molecule has 1 aromatic carbocycles.